The Morgan fingerprint density at radius 1 is 0.905 bits per heavy atom. The maximum Gasteiger partial charge on any atom is 0.166 e. The number of carbonyl (C=O) groups excluding carboxylic acids is 1. The van der Waals surface area contributed by atoms with Crippen LogP contribution in [-0.4, -0.2) is 11.8 Å². The predicted molar refractivity (Wildman–Crippen MR) is 86.8 cm³/mol. The quantitative estimate of drug-likeness (QED) is 0.878. The van der Waals surface area contributed by atoms with E-state index in [1.165, 1.54) is 0 Å². The Hall–Kier alpha value is -1.93. The number of nitrogens with two attached hydrogens (primary N) is 1. The van der Waals surface area contributed by atoms with Crippen LogP contribution in [-0.2, 0) is 4.79 Å². The van der Waals surface area contributed by atoms with Gasteiger partial charge in [0, 0.05) is 0 Å². The zero-order valence-corrected chi connectivity index (χ0v) is 12.6. The zero-order chi connectivity index (χ0) is 15.2. The van der Waals surface area contributed by atoms with Gasteiger partial charge in [-0.3, -0.25) is 4.79 Å². The van der Waals surface area contributed by atoms with Crippen molar-refractivity contribution in [2.24, 2.45) is 11.7 Å². The fourth-order valence-corrected chi connectivity index (χ4v) is 2.46. The van der Waals surface area contributed by atoms with Crippen molar-refractivity contribution in [2.75, 3.05) is 0 Å². The summed E-state index contributed by atoms with van der Waals surface area (Å²) in [4.78, 5) is 12.8. The van der Waals surface area contributed by atoms with E-state index in [0.29, 0.717) is 18.3 Å². The van der Waals surface area contributed by atoms with E-state index >= 15 is 0 Å². The average Bonchev–Trinajstić information content (AvgIpc) is 2.49. The largest absolute Gasteiger partial charge is 0.321 e. The number of Topliss-reactive ketones (excluding diaryl/α,β-unsaturated/α-hetero) is 1. The Labute approximate surface area is 127 Å². The van der Waals surface area contributed by atoms with Crippen LogP contribution in [0.15, 0.2) is 60.7 Å². The van der Waals surface area contributed by atoms with Crippen LogP contribution in [0, 0.1) is 11.8 Å². The van der Waals surface area contributed by atoms with E-state index in [1.54, 1.807) is 0 Å². The van der Waals surface area contributed by atoms with Gasteiger partial charge in [-0.15, -0.1) is 0 Å². The second-order valence-electron chi connectivity index (χ2n) is 5.71. The van der Waals surface area contributed by atoms with E-state index in [2.05, 4.69) is 13.8 Å². The molecule has 2 nitrogen and oxygen atoms in total. The molecule has 109 valence electrons. The summed E-state index contributed by atoms with van der Waals surface area (Å²) in [5.74, 6) is 1.13. The molecule has 0 aliphatic carbocycles. The number of carbonyl (C=O) groups is 1. The molecule has 2 aromatic rings. The molecule has 0 aliphatic heterocycles. The molecular formula is C19H22NO. The summed E-state index contributed by atoms with van der Waals surface area (Å²) >= 11 is 0. The van der Waals surface area contributed by atoms with Gasteiger partial charge >= 0.3 is 0 Å². The third-order valence-corrected chi connectivity index (χ3v) is 3.43. The molecule has 0 aliphatic rings. The molecule has 21 heavy (non-hydrogen) atoms. The van der Waals surface area contributed by atoms with Crippen molar-refractivity contribution in [3.05, 3.63) is 77.7 Å². The number of hydrogen-bond acceptors (Lipinski definition) is 2. The number of ketones is 1. The fraction of sp³-hybridized carbons (Fsp3) is 0.263. The smallest absolute Gasteiger partial charge is 0.166 e. The normalized spacial score (nSPS) is 12.6. The molecule has 0 unspecified atom stereocenters. The minimum absolute atomic E-state index is 0.0149. The lowest BCUT2D eigenvalue weighted by molar-refractivity contribution is -0.118. The summed E-state index contributed by atoms with van der Waals surface area (Å²) in [5, 5.41) is 0. The van der Waals surface area contributed by atoms with Crippen molar-refractivity contribution < 1.29 is 4.79 Å². The Morgan fingerprint density at radius 3 is 1.71 bits per heavy atom. The molecule has 0 spiro atoms. The molecule has 1 radical (unpaired) electrons. The summed E-state index contributed by atoms with van der Waals surface area (Å²) in [6.07, 6.45) is 0.696. The van der Waals surface area contributed by atoms with Gasteiger partial charge in [-0.05, 0) is 23.5 Å². The lowest BCUT2D eigenvalue weighted by atomic mass is 9.83. The van der Waals surface area contributed by atoms with Crippen LogP contribution in [0.1, 0.15) is 31.4 Å². The van der Waals surface area contributed by atoms with E-state index in [0.717, 1.165) is 11.1 Å². The molecule has 0 amide bonds. The third kappa shape index (κ3) is 4.02. The summed E-state index contributed by atoms with van der Waals surface area (Å²) in [5.41, 5.74) is 7.97. The highest BCUT2D eigenvalue weighted by atomic mass is 16.1. The predicted octanol–water partition coefficient (Wildman–Crippen LogP) is 3.60. The highest BCUT2D eigenvalue weighted by molar-refractivity contribution is 6.03. The molecule has 0 aromatic heterocycles. The monoisotopic (exact) mass is 280 g/mol. The highest BCUT2D eigenvalue weighted by Crippen LogP contribution is 2.26. The molecule has 2 aromatic carbocycles. The van der Waals surface area contributed by atoms with Gasteiger partial charge in [0.1, 0.15) is 5.92 Å². The zero-order valence-electron chi connectivity index (χ0n) is 12.6. The molecule has 0 saturated carbocycles. The van der Waals surface area contributed by atoms with Gasteiger partial charge in [0.2, 0.25) is 0 Å². The van der Waals surface area contributed by atoms with Gasteiger partial charge in [-0.25, -0.2) is 0 Å². The number of benzene rings is 2. The third-order valence-electron chi connectivity index (χ3n) is 3.43. The summed E-state index contributed by atoms with van der Waals surface area (Å²) in [7, 11) is 0. The van der Waals surface area contributed by atoms with Gasteiger partial charge in [0.05, 0.1) is 6.04 Å². The second kappa shape index (κ2) is 7.19. The van der Waals surface area contributed by atoms with Crippen LogP contribution in [0.3, 0.4) is 0 Å². The Balaban J connectivity index is 2.35. The minimum Gasteiger partial charge on any atom is -0.321 e. The molecule has 0 bridgehead atoms. The molecule has 2 rings (SSSR count). The first kappa shape index (κ1) is 15.5. The first-order valence-corrected chi connectivity index (χ1v) is 7.37. The topological polar surface area (TPSA) is 43.1 Å². The Kier molecular flexibility index (Phi) is 5.29. The lowest BCUT2D eigenvalue weighted by Gasteiger charge is -2.21. The van der Waals surface area contributed by atoms with Crippen LogP contribution in [0.5, 0.6) is 0 Å². The maximum atomic E-state index is 12.8. The van der Waals surface area contributed by atoms with Crippen LogP contribution >= 0.6 is 0 Å². The Bertz CT molecular complexity index is 523. The van der Waals surface area contributed by atoms with Crippen molar-refractivity contribution in [3.63, 3.8) is 0 Å². The standard InChI is InChI=1S/C19H22NO/c1-14(2)13-17(20)19(21)18(15-9-5-3-6-10-15)16-11-7-4-8-12-16/h3-12,14,17H,13,20H2,1-2H3/t17-/m0/s1. The van der Waals surface area contributed by atoms with Crippen molar-refractivity contribution in [2.45, 2.75) is 26.3 Å². The van der Waals surface area contributed by atoms with E-state index in [1.807, 2.05) is 60.7 Å². The molecule has 2 N–H and O–H groups in total. The summed E-state index contributed by atoms with van der Waals surface area (Å²) in [6.45, 7) is 4.16. The molecule has 2 heteroatoms. The average molecular weight is 280 g/mol. The van der Waals surface area contributed by atoms with Gasteiger partial charge < -0.3 is 5.73 Å². The second-order valence-corrected chi connectivity index (χ2v) is 5.71. The van der Waals surface area contributed by atoms with Crippen LogP contribution in [0.25, 0.3) is 0 Å². The number of hydrogen-bond donors (Lipinski definition) is 1. The van der Waals surface area contributed by atoms with Crippen molar-refractivity contribution in [1.29, 1.82) is 0 Å². The minimum atomic E-state index is -0.458. The van der Waals surface area contributed by atoms with E-state index in [9.17, 15) is 4.79 Å². The van der Waals surface area contributed by atoms with Crippen molar-refractivity contribution in [1.82, 2.24) is 0 Å². The molecule has 1 atom stereocenters. The molecule has 0 fully saturated rings. The van der Waals surface area contributed by atoms with Crippen molar-refractivity contribution >= 4 is 5.78 Å². The van der Waals surface area contributed by atoms with Crippen molar-refractivity contribution in [3.8, 4) is 0 Å². The molecule has 0 saturated heterocycles. The first-order valence-electron chi connectivity index (χ1n) is 7.37. The fourth-order valence-electron chi connectivity index (χ4n) is 2.46. The first-order chi connectivity index (χ1) is 10.1. The van der Waals surface area contributed by atoms with Gasteiger partial charge in [0.25, 0.3) is 0 Å². The molecule has 0 heterocycles. The molecular weight excluding hydrogens is 258 g/mol. The van der Waals surface area contributed by atoms with Gasteiger partial charge in [-0.2, -0.15) is 0 Å². The van der Waals surface area contributed by atoms with E-state index in [-0.39, 0.29) is 5.78 Å². The SMILES string of the molecule is CC(C)C[C@H](N)C(=O)[C](c1ccccc1)c1ccccc1. The maximum absolute atomic E-state index is 12.8. The van der Waals surface area contributed by atoms with Gasteiger partial charge in [0.15, 0.2) is 5.78 Å². The van der Waals surface area contributed by atoms with Crippen LogP contribution in [0.2, 0.25) is 0 Å². The summed E-state index contributed by atoms with van der Waals surface area (Å²) in [6, 6.07) is 19.1. The lowest BCUT2D eigenvalue weighted by Crippen LogP contribution is -2.36. The van der Waals surface area contributed by atoms with E-state index in [4.69, 9.17) is 5.73 Å². The van der Waals surface area contributed by atoms with Crippen LogP contribution < -0.4 is 5.73 Å². The highest BCUT2D eigenvalue weighted by Gasteiger charge is 2.28. The van der Waals surface area contributed by atoms with E-state index < -0.39 is 6.04 Å². The van der Waals surface area contributed by atoms with Gasteiger partial charge in [-0.1, -0.05) is 74.5 Å². The Morgan fingerprint density at radius 2 is 1.33 bits per heavy atom. The number of rotatable bonds is 6. The summed E-state index contributed by atoms with van der Waals surface area (Å²) < 4.78 is 0. The van der Waals surface area contributed by atoms with Crippen LogP contribution in [0.4, 0.5) is 0 Å².